The summed E-state index contributed by atoms with van der Waals surface area (Å²) >= 11 is 5.90. The number of benzene rings is 2. The van der Waals surface area contributed by atoms with Gasteiger partial charge in [0.1, 0.15) is 11.8 Å². The van der Waals surface area contributed by atoms with Crippen molar-refractivity contribution < 1.29 is 14.3 Å². The van der Waals surface area contributed by atoms with Crippen LogP contribution in [0.4, 0.5) is 0 Å². The van der Waals surface area contributed by atoms with Crippen molar-refractivity contribution in [3.8, 4) is 5.75 Å². The molecule has 0 bridgehead atoms. The molecular weight excluding hydrogens is 400 g/mol. The predicted molar refractivity (Wildman–Crippen MR) is 121 cm³/mol. The highest BCUT2D eigenvalue weighted by molar-refractivity contribution is 6.30. The maximum Gasteiger partial charge on any atom is 0.261 e. The van der Waals surface area contributed by atoms with E-state index in [4.69, 9.17) is 16.3 Å². The molecule has 6 heteroatoms. The Balaban J connectivity index is 2.11. The first-order chi connectivity index (χ1) is 14.4. The fourth-order valence-corrected chi connectivity index (χ4v) is 3.22. The largest absolute Gasteiger partial charge is 0.484 e. The van der Waals surface area contributed by atoms with E-state index >= 15 is 0 Å². The fourth-order valence-electron chi connectivity index (χ4n) is 3.10. The Morgan fingerprint density at radius 2 is 1.70 bits per heavy atom. The Hall–Kier alpha value is -2.53. The summed E-state index contributed by atoms with van der Waals surface area (Å²) in [5.74, 6) is 0.222. The molecule has 0 heterocycles. The van der Waals surface area contributed by atoms with Gasteiger partial charge in [-0.05, 0) is 56.0 Å². The van der Waals surface area contributed by atoms with Crippen LogP contribution < -0.4 is 10.1 Å². The minimum absolute atomic E-state index is 0.0583. The summed E-state index contributed by atoms with van der Waals surface area (Å²) in [5, 5.41) is 3.61. The number of hydrogen-bond acceptors (Lipinski definition) is 3. The lowest BCUT2D eigenvalue weighted by molar-refractivity contribution is -0.142. The van der Waals surface area contributed by atoms with Crippen LogP contribution in [0.1, 0.15) is 39.2 Å². The van der Waals surface area contributed by atoms with Crippen molar-refractivity contribution in [2.24, 2.45) is 0 Å². The molecule has 162 valence electrons. The smallest absolute Gasteiger partial charge is 0.261 e. The van der Waals surface area contributed by atoms with Crippen molar-refractivity contribution in [3.05, 3.63) is 65.2 Å². The van der Waals surface area contributed by atoms with Crippen LogP contribution in [0.2, 0.25) is 5.02 Å². The lowest BCUT2D eigenvalue weighted by atomic mass is 10.1. The molecule has 0 saturated heterocycles. The summed E-state index contributed by atoms with van der Waals surface area (Å²) in [4.78, 5) is 27.6. The van der Waals surface area contributed by atoms with Gasteiger partial charge in [-0.3, -0.25) is 9.59 Å². The normalized spacial score (nSPS) is 12.7. The number of nitrogens with zero attached hydrogens (tertiary/aromatic N) is 1. The zero-order valence-corrected chi connectivity index (χ0v) is 18.7. The number of rotatable bonds is 11. The Labute approximate surface area is 184 Å². The van der Waals surface area contributed by atoms with Gasteiger partial charge in [0, 0.05) is 17.6 Å². The molecule has 0 radical (unpaired) electrons. The highest BCUT2D eigenvalue weighted by atomic mass is 35.5. The first-order valence-electron chi connectivity index (χ1n) is 10.5. The van der Waals surface area contributed by atoms with Gasteiger partial charge in [-0.25, -0.2) is 0 Å². The van der Waals surface area contributed by atoms with Gasteiger partial charge in [-0.2, -0.15) is 0 Å². The Kier molecular flexibility index (Phi) is 9.68. The van der Waals surface area contributed by atoms with Crippen LogP contribution in [0.5, 0.6) is 5.75 Å². The van der Waals surface area contributed by atoms with Crippen LogP contribution in [0.3, 0.4) is 0 Å². The minimum atomic E-state index is -0.538. The van der Waals surface area contributed by atoms with E-state index < -0.39 is 6.04 Å². The van der Waals surface area contributed by atoms with Gasteiger partial charge >= 0.3 is 0 Å². The van der Waals surface area contributed by atoms with Crippen LogP contribution in [0, 0.1) is 0 Å². The summed E-state index contributed by atoms with van der Waals surface area (Å²) in [5.41, 5.74) is 1.12. The molecule has 0 aromatic heterocycles. The molecule has 0 spiro atoms. The highest BCUT2D eigenvalue weighted by Crippen LogP contribution is 2.16. The van der Waals surface area contributed by atoms with Crippen LogP contribution in [-0.2, 0) is 16.0 Å². The molecule has 0 aliphatic heterocycles. The zero-order chi connectivity index (χ0) is 21.9. The molecule has 0 aliphatic rings. The van der Waals surface area contributed by atoms with Crippen LogP contribution in [0.25, 0.3) is 0 Å². The second-order valence-corrected chi connectivity index (χ2v) is 7.74. The Morgan fingerprint density at radius 3 is 2.30 bits per heavy atom. The number of hydrogen-bond donors (Lipinski definition) is 1. The summed E-state index contributed by atoms with van der Waals surface area (Å²) in [6.45, 7) is 6.21. The van der Waals surface area contributed by atoms with E-state index in [1.165, 1.54) is 0 Å². The third-order valence-corrected chi connectivity index (χ3v) is 5.30. The molecule has 0 unspecified atom stereocenters. The minimum Gasteiger partial charge on any atom is -0.484 e. The van der Waals surface area contributed by atoms with E-state index in [2.05, 4.69) is 5.32 Å². The van der Waals surface area contributed by atoms with Crippen LogP contribution in [-0.4, -0.2) is 41.9 Å². The van der Waals surface area contributed by atoms with E-state index in [-0.39, 0.29) is 24.5 Å². The van der Waals surface area contributed by atoms with Gasteiger partial charge in [-0.1, -0.05) is 55.8 Å². The lowest BCUT2D eigenvalue weighted by Gasteiger charge is -2.31. The van der Waals surface area contributed by atoms with Gasteiger partial charge in [0.05, 0.1) is 0 Å². The number of nitrogens with one attached hydrogen (secondary N) is 1. The van der Waals surface area contributed by atoms with E-state index in [9.17, 15) is 9.59 Å². The second-order valence-electron chi connectivity index (χ2n) is 7.31. The topological polar surface area (TPSA) is 58.6 Å². The first kappa shape index (κ1) is 23.7. The third kappa shape index (κ3) is 7.38. The van der Waals surface area contributed by atoms with Gasteiger partial charge in [-0.15, -0.1) is 0 Å². The predicted octanol–water partition coefficient (Wildman–Crippen LogP) is 4.48. The fraction of sp³-hybridized carbons (Fsp3) is 0.417. The van der Waals surface area contributed by atoms with Gasteiger partial charge in [0.2, 0.25) is 5.91 Å². The standard InChI is InChI=1S/C24H31ClN2O3/c1-4-18(3)26-24(29)22(5-2)27(16-15-19-9-7-6-8-10-19)23(28)17-30-21-13-11-20(25)12-14-21/h6-14,18,22H,4-5,15-17H2,1-3H3,(H,26,29)/t18-,22-/m0/s1. The molecule has 2 atom stereocenters. The van der Waals surface area contributed by atoms with Crippen LogP contribution in [0.15, 0.2) is 54.6 Å². The number of carbonyl (C=O) groups is 2. The third-order valence-electron chi connectivity index (χ3n) is 5.05. The number of ether oxygens (including phenoxy) is 1. The number of halogens is 1. The van der Waals surface area contributed by atoms with Gasteiger partial charge in [0.25, 0.3) is 5.91 Å². The van der Waals surface area contributed by atoms with Crippen molar-refractivity contribution in [1.82, 2.24) is 10.2 Å². The Morgan fingerprint density at radius 1 is 1.03 bits per heavy atom. The molecule has 2 aromatic rings. The molecule has 2 aromatic carbocycles. The van der Waals surface area contributed by atoms with E-state index in [0.29, 0.717) is 30.2 Å². The van der Waals surface area contributed by atoms with E-state index in [1.54, 1.807) is 29.2 Å². The van der Waals surface area contributed by atoms with Gasteiger partial charge in [0.15, 0.2) is 6.61 Å². The van der Waals surface area contributed by atoms with Crippen LogP contribution >= 0.6 is 11.6 Å². The average molecular weight is 431 g/mol. The summed E-state index contributed by atoms with van der Waals surface area (Å²) in [6, 6.07) is 16.3. The molecule has 30 heavy (non-hydrogen) atoms. The van der Waals surface area contributed by atoms with Crippen molar-refractivity contribution >= 4 is 23.4 Å². The summed E-state index contributed by atoms with van der Waals surface area (Å²) < 4.78 is 5.65. The number of amides is 2. The zero-order valence-electron chi connectivity index (χ0n) is 17.9. The SMILES string of the molecule is CC[C@H](C)NC(=O)[C@H](CC)N(CCc1ccccc1)C(=O)COc1ccc(Cl)cc1. The summed E-state index contributed by atoms with van der Waals surface area (Å²) in [6.07, 6.45) is 2.03. The molecule has 0 aliphatic carbocycles. The van der Waals surface area contributed by atoms with Gasteiger partial charge < -0.3 is 15.0 Å². The molecule has 0 fully saturated rings. The molecular formula is C24H31ClN2O3. The van der Waals surface area contributed by atoms with Crippen molar-refractivity contribution in [2.45, 2.75) is 52.1 Å². The Bertz CT molecular complexity index is 796. The molecule has 0 saturated carbocycles. The molecule has 1 N–H and O–H groups in total. The monoisotopic (exact) mass is 430 g/mol. The van der Waals surface area contributed by atoms with E-state index in [0.717, 1.165) is 12.0 Å². The van der Waals surface area contributed by atoms with Crippen molar-refractivity contribution in [3.63, 3.8) is 0 Å². The quantitative estimate of drug-likeness (QED) is 0.571. The maximum atomic E-state index is 13.1. The molecule has 5 nitrogen and oxygen atoms in total. The van der Waals surface area contributed by atoms with Crippen molar-refractivity contribution in [2.75, 3.05) is 13.2 Å². The molecule has 2 rings (SSSR count). The first-order valence-corrected chi connectivity index (χ1v) is 10.8. The summed E-state index contributed by atoms with van der Waals surface area (Å²) in [7, 11) is 0. The number of carbonyl (C=O) groups excluding carboxylic acids is 2. The van der Waals surface area contributed by atoms with Crippen molar-refractivity contribution in [1.29, 1.82) is 0 Å². The molecule has 2 amide bonds. The lowest BCUT2D eigenvalue weighted by Crippen LogP contribution is -2.52. The van der Waals surface area contributed by atoms with E-state index in [1.807, 2.05) is 51.1 Å². The average Bonchev–Trinajstić information content (AvgIpc) is 2.76. The highest BCUT2D eigenvalue weighted by Gasteiger charge is 2.29. The second kappa shape index (κ2) is 12.2. The maximum absolute atomic E-state index is 13.1.